The molecule has 0 fully saturated rings. The fourth-order valence-corrected chi connectivity index (χ4v) is 1.10. The number of carbonyl (C=O) groups excluding carboxylic acids is 1. The van der Waals surface area contributed by atoms with Crippen LogP contribution in [0.2, 0.25) is 0 Å². The van der Waals surface area contributed by atoms with E-state index in [2.05, 4.69) is 15.2 Å². The largest absolute Gasteiger partial charge is 0.333 e. The molecule has 2 heterocycles. The van der Waals surface area contributed by atoms with Gasteiger partial charge in [0, 0.05) is 6.07 Å². The van der Waals surface area contributed by atoms with Crippen LogP contribution in [0.3, 0.4) is 0 Å². The molecule has 0 aliphatic rings. The Hall–Kier alpha value is -2.02. The summed E-state index contributed by atoms with van der Waals surface area (Å²) in [5.41, 5.74) is 5.18. The van der Waals surface area contributed by atoms with E-state index >= 15 is 0 Å². The fourth-order valence-electron chi connectivity index (χ4n) is 1.10. The zero-order chi connectivity index (χ0) is 10.1. The van der Waals surface area contributed by atoms with Gasteiger partial charge in [-0.05, 0) is 0 Å². The second-order valence-corrected chi connectivity index (χ2v) is 2.67. The first-order chi connectivity index (χ1) is 6.72. The lowest BCUT2D eigenvalue weighted by Crippen LogP contribution is -2.23. The highest BCUT2D eigenvalue weighted by Crippen LogP contribution is 1.97. The van der Waals surface area contributed by atoms with E-state index < -0.39 is 5.69 Å². The van der Waals surface area contributed by atoms with Crippen molar-refractivity contribution in [3.8, 4) is 0 Å². The number of H-pyrrole nitrogens is 1. The van der Waals surface area contributed by atoms with Crippen molar-refractivity contribution in [2.45, 2.75) is 0 Å². The summed E-state index contributed by atoms with van der Waals surface area (Å²) >= 11 is 0. The summed E-state index contributed by atoms with van der Waals surface area (Å²) in [4.78, 5) is 24.9. The molecule has 2 rings (SSSR count). The maximum atomic E-state index is 11.3. The Morgan fingerprint density at radius 3 is 3.14 bits per heavy atom. The molecule has 3 N–H and O–H groups in total. The van der Waals surface area contributed by atoms with Gasteiger partial charge in [-0.1, -0.05) is 0 Å². The third-order valence-corrected chi connectivity index (χ3v) is 1.79. The lowest BCUT2D eigenvalue weighted by molar-refractivity contribution is 0.0996. The number of aromatic amines is 1. The molecule has 0 spiro atoms. The number of Topliss-reactive ketones (excluding diaryl/α,β-unsaturated/α-hetero) is 1. The number of nitrogens with one attached hydrogen (secondary N) is 1. The van der Waals surface area contributed by atoms with Gasteiger partial charge < -0.3 is 10.7 Å². The number of hydrogen-bond donors (Lipinski definition) is 2. The van der Waals surface area contributed by atoms with Gasteiger partial charge >= 0.3 is 5.69 Å². The Balaban J connectivity index is 2.70. The predicted octanol–water partition coefficient (Wildman–Crippen LogP) is -1.44. The number of nitrogens with two attached hydrogens (primary N) is 1. The smallest absolute Gasteiger partial charge is 0.324 e. The maximum Gasteiger partial charge on any atom is 0.333 e. The summed E-state index contributed by atoms with van der Waals surface area (Å²) in [5, 5.41) is 7.20. The van der Waals surface area contributed by atoms with Gasteiger partial charge in [-0.2, -0.15) is 0 Å². The zero-order valence-electron chi connectivity index (χ0n) is 7.10. The number of ketones is 1. The van der Waals surface area contributed by atoms with Gasteiger partial charge in [-0.3, -0.25) is 4.79 Å². The van der Waals surface area contributed by atoms with Crippen LogP contribution < -0.4 is 11.4 Å². The van der Waals surface area contributed by atoms with Crippen LogP contribution in [-0.2, 0) is 0 Å². The highest BCUT2D eigenvalue weighted by Gasteiger charge is 2.08. The van der Waals surface area contributed by atoms with Crippen molar-refractivity contribution in [2.75, 3.05) is 6.54 Å². The molecule has 0 saturated heterocycles. The van der Waals surface area contributed by atoms with E-state index in [1.165, 1.54) is 16.8 Å². The first-order valence-electron chi connectivity index (χ1n) is 3.88. The van der Waals surface area contributed by atoms with Crippen molar-refractivity contribution in [1.82, 2.24) is 19.6 Å². The summed E-state index contributed by atoms with van der Waals surface area (Å²) in [6.07, 6.45) is 1.27. The minimum absolute atomic E-state index is 0.151. The highest BCUT2D eigenvalue weighted by atomic mass is 16.1. The zero-order valence-corrected chi connectivity index (χ0v) is 7.10. The lowest BCUT2D eigenvalue weighted by atomic mass is 10.3. The van der Waals surface area contributed by atoms with Gasteiger partial charge in [0.1, 0.15) is 6.33 Å². The summed E-state index contributed by atoms with van der Waals surface area (Å²) < 4.78 is 1.20. The Labute approximate surface area is 77.6 Å². The van der Waals surface area contributed by atoms with Crippen molar-refractivity contribution in [1.29, 1.82) is 0 Å². The van der Waals surface area contributed by atoms with Crippen molar-refractivity contribution in [2.24, 2.45) is 5.73 Å². The van der Waals surface area contributed by atoms with E-state index in [1.54, 1.807) is 0 Å². The van der Waals surface area contributed by atoms with Gasteiger partial charge in [0.25, 0.3) is 0 Å². The van der Waals surface area contributed by atoms with Gasteiger partial charge in [0.15, 0.2) is 11.4 Å². The highest BCUT2D eigenvalue weighted by molar-refractivity contribution is 5.96. The quantitative estimate of drug-likeness (QED) is 0.568. The van der Waals surface area contributed by atoms with Crippen molar-refractivity contribution in [3.63, 3.8) is 0 Å². The van der Waals surface area contributed by atoms with Crippen LogP contribution >= 0.6 is 0 Å². The molecule has 0 aromatic carbocycles. The second-order valence-electron chi connectivity index (χ2n) is 2.67. The van der Waals surface area contributed by atoms with E-state index in [9.17, 15) is 9.59 Å². The SMILES string of the molecule is NCC(=O)c1cc2nncn2c(=O)[nH]1. The Bertz CT molecular complexity index is 540. The molecule has 7 nitrogen and oxygen atoms in total. The fraction of sp³-hybridized carbons (Fsp3) is 0.143. The molecule has 14 heavy (non-hydrogen) atoms. The summed E-state index contributed by atoms with van der Waals surface area (Å²) in [7, 11) is 0. The molecular formula is C7H7N5O2. The third kappa shape index (κ3) is 1.19. The predicted molar refractivity (Wildman–Crippen MR) is 47.0 cm³/mol. The standard InChI is InChI=1S/C7H7N5O2/c8-2-5(13)4-1-6-11-9-3-12(6)7(14)10-4/h1,3H,2,8H2,(H,10,14). The average Bonchev–Trinajstić information content (AvgIpc) is 2.64. The van der Waals surface area contributed by atoms with E-state index in [4.69, 9.17) is 5.73 Å². The molecule has 0 aliphatic heterocycles. The van der Waals surface area contributed by atoms with Gasteiger partial charge in [0.2, 0.25) is 0 Å². The van der Waals surface area contributed by atoms with Gasteiger partial charge in [-0.15, -0.1) is 10.2 Å². The monoisotopic (exact) mass is 193 g/mol. The average molecular weight is 193 g/mol. The molecule has 0 atom stereocenters. The van der Waals surface area contributed by atoms with Crippen LogP contribution in [0.15, 0.2) is 17.2 Å². The number of fused-ring (bicyclic) bond motifs is 1. The molecule has 2 aromatic heterocycles. The minimum Gasteiger partial charge on any atom is -0.324 e. The minimum atomic E-state index is -0.454. The van der Waals surface area contributed by atoms with Gasteiger partial charge in [0.05, 0.1) is 12.2 Å². The molecule has 0 saturated carbocycles. The van der Waals surface area contributed by atoms with Crippen LogP contribution in [0.4, 0.5) is 0 Å². The van der Waals surface area contributed by atoms with Crippen molar-refractivity contribution in [3.05, 3.63) is 28.6 Å². The van der Waals surface area contributed by atoms with Crippen molar-refractivity contribution >= 4 is 11.4 Å². The van der Waals surface area contributed by atoms with Crippen LogP contribution in [0.1, 0.15) is 10.5 Å². The molecule has 2 aromatic rings. The number of aromatic nitrogens is 4. The summed E-state index contributed by atoms with van der Waals surface area (Å²) in [6, 6.07) is 1.43. The van der Waals surface area contributed by atoms with E-state index in [-0.39, 0.29) is 18.0 Å². The number of rotatable bonds is 2. The molecule has 0 amide bonds. The topological polar surface area (TPSA) is 106 Å². The number of hydrogen-bond acceptors (Lipinski definition) is 5. The second kappa shape index (κ2) is 3.04. The van der Waals surface area contributed by atoms with E-state index in [1.807, 2.05) is 0 Å². The molecule has 72 valence electrons. The maximum absolute atomic E-state index is 11.3. The van der Waals surface area contributed by atoms with E-state index in [0.29, 0.717) is 5.65 Å². The lowest BCUT2D eigenvalue weighted by Gasteiger charge is -1.97. The molecule has 0 radical (unpaired) electrons. The Kier molecular flexibility index (Phi) is 1.86. The molecular weight excluding hydrogens is 186 g/mol. The number of nitrogens with zero attached hydrogens (tertiary/aromatic N) is 3. The Morgan fingerprint density at radius 2 is 2.43 bits per heavy atom. The first kappa shape index (κ1) is 8.57. The summed E-state index contributed by atoms with van der Waals surface area (Å²) in [5.74, 6) is -0.340. The van der Waals surface area contributed by atoms with E-state index in [0.717, 1.165) is 0 Å². The van der Waals surface area contributed by atoms with Crippen LogP contribution in [0.25, 0.3) is 5.65 Å². The Morgan fingerprint density at radius 1 is 1.64 bits per heavy atom. The van der Waals surface area contributed by atoms with Crippen LogP contribution in [-0.4, -0.2) is 31.9 Å². The van der Waals surface area contributed by atoms with Crippen LogP contribution in [0, 0.1) is 0 Å². The first-order valence-corrected chi connectivity index (χ1v) is 3.88. The molecule has 0 bridgehead atoms. The third-order valence-electron chi connectivity index (χ3n) is 1.79. The molecule has 0 unspecified atom stereocenters. The molecule has 0 aliphatic carbocycles. The molecule has 7 heteroatoms. The summed E-state index contributed by atoms with van der Waals surface area (Å²) in [6.45, 7) is -0.153. The van der Waals surface area contributed by atoms with Crippen molar-refractivity contribution < 1.29 is 4.79 Å². The number of carbonyl (C=O) groups is 1. The van der Waals surface area contributed by atoms with Crippen LogP contribution in [0.5, 0.6) is 0 Å². The normalized spacial score (nSPS) is 10.6. The van der Waals surface area contributed by atoms with Gasteiger partial charge in [-0.25, -0.2) is 9.20 Å².